The quantitative estimate of drug-likeness (QED) is 0.437. The Labute approximate surface area is 187 Å². The highest BCUT2D eigenvalue weighted by Gasteiger charge is 2.24. The maximum Gasteiger partial charge on any atom is 0.294 e. The van der Waals surface area contributed by atoms with Gasteiger partial charge in [-0.05, 0) is 60.4 Å². The van der Waals surface area contributed by atoms with Crippen molar-refractivity contribution in [2.75, 3.05) is 40.3 Å². The van der Waals surface area contributed by atoms with Gasteiger partial charge < -0.3 is 18.9 Å². The molecule has 0 aromatic heterocycles. The molecule has 0 saturated carbocycles. The second-order valence-electron chi connectivity index (χ2n) is 7.11. The molecular formula is C22H28O7S2. The summed E-state index contributed by atoms with van der Waals surface area (Å²) >= 11 is 1.84. The number of thioether (sulfide) groups is 1. The van der Waals surface area contributed by atoms with Gasteiger partial charge >= 0.3 is 0 Å². The number of methoxy groups -OCH3 is 3. The monoisotopic (exact) mass is 468 g/mol. The Morgan fingerprint density at radius 3 is 2.58 bits per heavy atom. The number of fused-ring (bicyclic) bond motifs is 1. The smallest absolute Gasteiger partial charge is 0.294 e. The van der Waals surface area contributed by atoms with E-state index in [4.69, 9.17) is 18.9 Å². The van der Waals surface area contributed by atoms with Crippen molar-refractivity contribution in [1.82, 2.24) is 0 Å². The zero-order chi connectivity index (χ0) is 22.4. The van der Waals surface area contributed by atoms with Crippen LogP contribution in [-0.4, -0.2) is 53.3 Å². The minimum Gasteiger partial charge on any atom is -0.497 e. The van der Waals surface area contributed by atoms with E-state index in [1.807, 2.05) is 17.8 Å². The van der Waals surface area contributed by atoms with E-state index < -0.39 is 10.1 Å². The molecule has 2 aromatic rings. The third kappa shape index (κ3) is 5.65. The molecule has 9 heteroatoms. The summed E-state index contributed by atoms with van der Waals surface area (Å²) in [6, 6.07) is 8.46. The van der Waals surface area contributed by atoms with E-state index in [1.54, 1.807) is 20.3 Å². The molecule has 170 valence electrons. The molecule has 1 heterocycles. The van der Waals surface area contributed by atoms with Crippen LogP contribution in [0.2, 0.25) is 0 Å². The van der Waals surface area contributed by atoms with Crippen molar-refractivity contribution in [3.05, 3.63) is 47.0 Å². The van der Waals surface area contributed by atoms with E-state index in [2.05, 4.69) is 6.07 Å². The van der Waals surface area contributed by atoms with Crippen LogP contribution in [0.15, 0.2) is 35.2 Å². The second kappa shape index (κ2) is 10.6. The number of benzene rings is 2. The first-order valence-corrected chi connectivity index (χ1v) is 12.5. The van der Waals surface area contributed by atoms with Gasteiger partial charge in [0.05, 0.1) is 44.7 Å². The summed E-state index contributed by atoms with van der Waals surface area (Å²) in [4.78, 5) is -0.122. The van der Waals surface area contributed by atoms with E-state index in [0.29, 0.717) is 30.9 Å². The fourth-order valence-corrected chi connectivity index (χ4v) is 5.69. The van der Waals surface area contributed by atoms with Crippen LogP contribution in [0.5, 0.6) is 17.2 Å². The van der Waals surface area contributed by atoms with Crippen LogP contribution in [-0.2, 0) is 27.7 Å². The van der Waals surface area contributed by atoms with Crippen LogP contribution < -0.4 is 14.2 Å². The van der Waals surface area contributed by atoms with Crippen molar-refractivity contribution in [3.8, 4) is 17.2 Å². The highest BCUT2D eigenvalue weighted by molar-refractivity contribution is 7.99. The van der Waals surface area contributed by atoms with Gasteiger partial charge in [0.15, 0.2) is 11.5 Å². The minimum absolute atomic E-state index is 0.122. The first-order chi connectivity index (χ1) is 14.9. The van der Waals surface area contributed by atoms with Crippen molar-refractivity contribution in [2.24, 2.45) is 0 Å². The summed E-state index contributed by atoms with van der Waals surface area (Å²) in [7, 11) is 0.480. The first-order valence-electron chi connectivity index (χ1n) is 9.96. The first kappa shape index (κ1) is 23.7. The Bertz CT molecular complexity index is 1010. The fraction of sp³-hybridized carbons (Fsp3) is 0.455. The maximum absolute atomic E-state index is 11.7. The number of rotatable bonds is 9. The van der Waals surface area contributed by atoms with Crippen molar-refractivity contribution < 1.29 is 31.9 Å². The largest absolute Gasteiger partial charge is 0.497 e. The molecule has 2 aromatic carbocycles. The van der Waals surface area contributed by atoms with Crippen molar-refractivity contribution in [1.29, 1.82) is 0 Å². The molecule has 7 nitrogen and oxygen atoms in total. The Balaban J connectivity index is 1.71. The lowest BCUT2D eigenvalue weighted by Crippen LogP contribution is -2.11. The Morgan fingerprint density at radius 1 is 1.10 bits per heavy atom. The van der Waals surface area contributed by atoms with Gasteiger partial charge in [0, 0.05) is 5.56 Å². The summed E-state index contributed by atoms with van der Waals surface area (Å²) in [6.07, 6.45) is 2.29. The topological polar surface area (TPSA) is 91.3 Å². The third-order valence-electron chi connectivity index (χ3n) is 5.25. The van der Waals surface area contributed by atoms with Gasteiger partial charge in [0.25, 0.3) is 10.1 Å². The molecule has 0 bridgehead atoms. The Morgan fingerprint density at radius 2 is 1.90 bits per heavy atom. The lowest BCUT2D eigenvalue weighted by molar-refractivity contribution is 0.138. The van der Waals surface area contributed by atoms with Gasteiger partial charge in [-0.2, -0.15) is 20.2 Å². The Kier molecular flexibility index (Phi) is 8.10. The molecule has 31 heavy (non-hydrogen) atoms. The van der Waals surface area contributed by atoms with Gasteiger partial charge in [-0.25, -0.2) is 0 Å². The zero-order valence-corrected chi connectivity index (χ0v) is 19.6. The molecule has 1 aliphatic heterocycles. The summed E-state index contributed by atoms with van der Waals surface area (Å²) in [5, 5.41) is 0.142. The lowest BCUT2D eigenvalue weighted by Gasteiger charge is -2.20. The van der Waals surface area contributed by atoms with Crippen LogP contribution in [0.3, 0.4) is 0 Å². The maximum atomic E-state index is 11.7. The van der Waals surface area contributed by atoms with Crippen LogP contribution >= 0.6 is 11.8 Å². The molecule has 3 rings (SSSR count). The van der Waals surface area contributed by atoms with Crippen molar-refractivity contribution in [3.63, 3.8) is 0 Å². The van der Waals surface area contributed by atoms with Gasteiger partial charge in [-0.1, -0.05) is 6.07 Å². The standard InChI is InChI=1S/C22H28O7S2/c1-26-16-6-9-21(31(23,24)25)15(13-16)10-11-29-14-20-17-7-8-19(27-2)22(28-3)18(17)5-4-12-30-20/h6-9,13,20H,4-5,10-12,14H2,1-3H3,(H,23,24,25). The molecule has 1 unspecified atom stereocenters. The van der Waals surface area contributed by atoms with E-state index in [9.17, 15) is 13.0 Å². The SMILES string of the molecule is COc1ccc(S(=O)(=O)O)c(CCOCC2SCCCc3c2ccc(OC)c3OC)c1. The number of ether oxygens (including phenoxy) is 4. The summed E-state index contributed by atoms with van der Waals surface area (Å²) in [5.41, 5.74) is 2.80. The predicted molar refractivity (Wildman–Crippen MR) is 120 cm³/mol. The minimum atomic E-state index is -4.32. The lowest BCUT2D eigenvalue weighted by atomic mass is 9.99. The average molecular weight is 469 g/mol. The number of hydrogen-bond acceptors (Lipinski definition) is 7. The fourth-order valence-electron chi connectivity index (χ4n) is 3.77. The van der Waals surface area contributed by atoms with Gasteiger partial charge in [0.1, 0.15) is 5.75 Å². The Hall–Kier alpha value is -1.94. The predicted octanol–water partition coefficient (Wildman–Crippen LogP) is 3.94. The van der Waals surface area contributed by atoms with Crippen molar-refractivity contribution >= 4 is 21.9 Å². The molecule has 0 radical (unpaired) electrons. The third-order valence-corrected chi connectivity index (χ3v) is 7.52. The normalized spacial score (nSPS) is 16.3. The van der Waals surface area contributed by atoms with Crippen LogP contribution in [0.4, 0.5) is 0 Å². The molecule has 0 amide bonds. The molecule has 1 aliphatic rings. The highest BCUT2D eigenvalue weighted by Crippen LogP contribution is 2.43. The summed E-state index contributed by atoms with van der Waals surface area (Å²) in [5.74, 6) is 3.04. The summed E-state index contributed by atoms with van der Waals surface area (Å²) in [6.45, 7) is 0.799. The highest BCUT2D eigenvalue weighted by atomic mass is 32.2. The van der Waals surface area contributed by atoms with E-state index in [1.165, 1.54) is 24.8 Å². The van der Waals surface area contributed by atoms with E-state index in [-0.39, 0.29) is 10.1 Å². The van der Waals surface area contributed by atoms with E-state index in [0.717, 1.165) is 35.7 Å². The van der Waals surface area contributed by atoms with Crippen LogP contribution in [0.1, 0.15) is 28.4 Å². The molecule has 0 fully saturated rings. The molecule has 0 saturated heterocycles. The molecule has 0 aliphatic carbocycles. The molecule has 0 spiro atoms. The zero-order valence-electron chi connectivity index (χ0n) is 17.9. The van der Waals surface area contributed by atoms with Crippen molar-refractivity contribution in [2.45, 2.75) is 29.4 Å². The van der Waals surface area contributed by atoms with E-state index >= 15 is 0 Å². The molecular weight excluding hydrogens is 440 g/mol. The van der Waals surface area contributed by atoms with Gasteiger partial charge in [-0.15, -0.1) is 0 Å². The molecule has 1 N–H and O–H groups in total. The van der Waals surface area contributed by atoms with Crippen LogP contribution in [0, 0.1) is 0 Å². The molecule has 1 atom stereocenters. The van der Waals surface area contributed by atoms with Gasteiger partial charge in [-0.3, -0.25) is 4.55 Å². The average Bonchev–Trinajstić information content (AvgIpc) is 2.97. The number of hydrogen-bond donors (Lipinski definition) is 1. The second-order valence-corrected chi connectivity index (χ2v) is 9.81. The summed E-state index contributed by atoms with van der Waals surface area (Å²) < 4.78 is 55.0. The van der Waals surface area contributed by atoms with Gasteiger partial charge in [0.2, 0.25) is 0 Å². The van der Waals surface area contributed by atoms with Crippen LogP contribution in [0.25, 0.3) is 0 Å².